The topological polar surface area (TPSA) is 57.5 Å². The predicted octanol–water partition coefficient (Wildman–Crippen LogP) is 1.76. The molecular weight excluding hydrogens is 192 g/mol. The molecule has 0 aliphatic heterocycles. The second-order valence-electron chi connectivity index (χ2n) is 4.06. The lowest BCUT2D eigenvalue weighted by molar-refractivity contribution is -0.139. The van der Waals surface area contributed by atoms with Crippen LogP contribution in [0.1, 0.15) is 29.9 Å². The first kappa shape index (κ1) is 10.2. The number of benzene rings is 1. The standard InChI is InChI=1S/C12H14O3/c13-7-8-2-1-3-10(6-8)11(12(14)15)9-4-5-9/h1-3,6,9,11,13H,4-5,7H2,(H,14,15). The minimum absolute atomic E-state index is 0.0369. The maximum atomic E-state index is 11.1. The minimum atomic E-state index is -0.757. The molecular formula is C12H14O3. The van der Waals surface area contributed by atoms with Gasteiger partial charge in [0, 0.05) is 0 Å². The van der Waals surface area contributed by atoms with E-state index in [4.69, 9.17) is 10.2 Å². The Hall–Kier alpha value is -1.35. The van der Waals surface area contributed by atoms with Gasteiger partial charge < -0.3 is 10.2 Å². The van der Waals surface area contributed by atoms with E-state index in [9.17, 15) is 4.79 Å². The fourth-order valence-electron chi connectivity index (χ4n) is 1.93. The van der Waals surface area contributed by atoms with Gasteiger partial charge in [-0.1, -0.05) is 24.3 Å². The second-order valence-corrected chi connectivity index (χ2v) is 4.06. The molecule has 1 aromatic rings. The normalized spacial score (nSPS) is 17.4. The van der Waals surface area contributed by atoms with Crippen LogP contribution in [0, 0.1) is 5.92 Å². The monoisotopic (exact) mass is 206 g/mol. The maximum Gasteiger partial charge on any atom is 0.311 e. The second kappa shape index (κ2) is 4.03. The fourth-order valence-corrected chi connectivity index (χ4v) is 1.93. The Morgan fingerprint density at radius 1 is 1.47 bits per heavy atom. The summed E-state index contributed by atoms with van der Waals surface area (Å²) in [6.45, 7) is -0.0369. The molecule has 1 fully saturated rings. The quantitative estimate of drug-likeness (QED) is 0.789. The van der Waals surface area contributed by atoms with Crippen molar-refractivity contribution in [2.75, 3.05) is 0 Å². The summed E-state index contributed by atoms with van der Waals surface area (Å²) < 4.78 is 0. The Morgan fingerprint density at radius 3 is 2.73 bits per heavy atom. The lowest BCUT2D eigenvalue weighted by Gasteiger charge is -2.12. The van der Waals surface area contributed by atoms with Gasteiger partial charge in [0.1, 0.15) is 0 Å². The maximum absolute atomic E-state index is 11.1. The van der Waals surface area contributed by atoms with Crippen molar-refractivity contribution in [1.29, 1.82) is 0 Å². The Labute approximate surface area is 88.4 Å². The van der Waals surface area contributed by atoms with Crippen LogP contribution in [0.5, 0.6) is 0 Å². The summed E-state index contributed by atoms with van der Waals surface area (Å²) in [6, 6.07) is 7.22. The molecule has 0 aromatic heterocycles. The number of carboxylic acids is 1. The highest BCUT2D eigenvalue weighted by atomic mass is 16.4. The zero-order chi connectivity index (χ0) is 10.8. The molecule has 0 saturated heterocycles. The molecule has 0 bridgehead atoms. The molecule has 1 saturated carbocycles. The summed E-state index contributed by atoms with van der Waals surface area (Å²) in [7, 11) is 0. The van der Waals surface area contributed by atoms with Gasteiger partial charge >= 0.3 is 5.97 Å². The van der Waals surface area contributed by atoms with E-state index in [-0.39, 0.29) is 12.5 Å². The van der Waals surface area contributed by atoms with Crippen molar-refractivity contribution in [3.8, 4) is 0 Å². The molecule has 1 aromatic carbocycles. The first-order valence-corrected chi connectivity index (χ1v) is 5.15. The first-order valence-electron chi connectivity index (χ1n) is 5.15. The van der Waals surface area contributed by atoms with Gasteiger partial charge in [0.15, 0.2) is 0 Å². The number of carboxylic acid groups (broad SMARTS) is 1. The third-order valence-corrected chi connectivity index (χ3v) is 2.85. The van der Waals surface area contributed by atoms with Crippen molar-refractivity contribution in [1.82, 2.24) is 0 Å². The van der Waals surface area contributed by atoms with E-state index >= 15 is 0 Å². The van der Waals surface area contributed by atoms with Gasteiger partial charge in [0.25, 0.3) is 0 Å². The summed E-state index contributed by atoms with van der Waals surface area (Å²) in [5.74, 6) is -0.861. The van der Waals surface area contributed by atoms with Gasteiger partial charge in [-0.2, -0.15) is 0 Å². The van der Waals surface area contributed by atoms with Crippen LogP contribution in [0.25, 0.3) is 0 Å². The Kier molecular flexibility index (Phi) is 2.73. The molecule has 3 nitrogen and oxygen atoms in total. The number of aliphatic hydroxyl groups is 1. The fraction of sp³-hybridized carbons (Fsp3) is 0.417. The Bertz CT molecular complexity index is 369. The van der Waals surface area contributed by atoms with Crippen LogP contribution in [0.3, 0.4) is 0 Å². The molecule has 1 atom stereocenters. The first-order chi connectivity index (χ1) is 7.22. The van der Waals surface area contributed by atoms with Gasteiger partial charge in [0.2, 0.25) is 0 Å². The van der Waals surface area contributed by atoms with E-state index < -0.39 is 11.9 Å². The highest BCUT2D eigenvalue weighted by Gasteiger charge is 2.37. The highest BCUT2D eigenvalue weighted by molar-refractivity contribution is 5.77. The van der Waals surface area contributed by atoms with Crippen molar-refractivity contribution >= 4 is 5.97 Å². The lowest BCUT2D eigenvalue weighted by Crippen LogP contribution is -2.13. The zero-order valence-corrected chi connectivity index (χ0v) is 8.39. The molecule has 15 heavy (non-hydrogen) atoms. The van der Waals surface area contributed by atoms with Gasteiger partial charge in [-0.3, -0.25) is 4.79 Å². The molecule has 0 radical (unpaired) electrons. The van der Waals surface area contributed by atoms with Crippen LogP contribution in [-0.2, 0) is 11.4 Å². The van der Waals surface area contributed by atoms with Crippen LogP contribution >= 0.6 is 0 Å². The Balaban J connectivity index is 2.28. The number of aliphatic hydroxyl groups excluding tert-OH is 1. The molecule has 1 unspecified atom stereocenters. The molecule has 2 N–H and O–H groups in total. The van der Waals surface area contributed by atoms with Crippen molar-refractivity contribution in [2.24, 2.45) is 5.92 Å². The summed E-state index contributed by atoms with van der Waals surface area (Å²) in [5, 5.41) is 18.1. The van der Waals surface area contributed by atoms with E-state index in [1.807, 2.05) is 6.07 Å². The number of rotatable bonds is 4. The Morgan fingerprint density at radius 2 is 2.20 bits per heavy atom. The third kappa shape index (κ3) is 2.18. The zero-order valence-electron chi connectivity index (χ0n) is 8.39. The smallest absolute Gasteiger partial charge is 0.311 e. The van der Waals surface area contributed by atoms with Crippen molar-refractivity contribution in [3.63, 3.8) is 0 Å². The van der Waals surface area contributed by atoms with Crippen LogP contribution in [0.4, 0.5) is 0 Å². The molecule has 0 heterocycles. The summed E-state index contributed by atoms with van der Waals surface area (Å²) in [6.07, 6.45) is 2.00. The number of carbonyl (C=O) groups is 1. The molecule has 0 amide bonds. The number of aliphatic carboxylic acids is 1. The molecule has 0 spiro atoms. The van der Waals surface area contributed by atoms with Gasteiger partial charge in [-0.25, -0.2) is 0 Å². The molecule has 3 heteroatoms. The molecule has 1 aliphatic carbocycles. The summed E-state index contributed by atoms with van der Waals surface area (Å²) in [4.78, 5) is 11.1. The summed E-state index contributed by atoms with van der Waals surface area (Å²) >= 11 is 0. The van der Waals surface area contributed by atoms with Crippen molar-refractivity contribution < 1.29 is 15.0 Å². The van der Waals surface area contributed by atoms with Gasteiger partial charge in [-0.15, -0.1) is 0 Å². The van der Waals surface area contributed by atoms with E-state index in [2.05, 4.69) is 0 Å². The highest BCUT2D eigenvalue weighted by Crippen LogP contribution is 2.42. The molecule has 80 valence electrons. The third-order valence-electron chi connectivity index (χ3n) is 2.85. The van der Waals surface area contributed by atoms with Crippen LogP contribution in [-0.4, -0.2) is 16.2 Å². The van der Waals surface area contributed by atoms with Crippen molar-refractivity contribution in [2.45, 2.75) is 25.4 Å². The predicted molar refractivity (Wildman–Crippen MR) is 55.5 cm³/mol. The van der Waals surface area contributed by atoms with Crippen LogP contribution in [0.2, 0.25) is 0 Å². The van der Waals surface area contributed by atoms with E-state index in [1.54, 1.807) is 18.2 Å². The van der Waals surface area contributed by atoms with E-state index in [0.717, 1.165) is 24.0 Å². The van der Waals surface area contributed by atoms with Gasteiger partial charge in [0.05, 0.1) is 12.5 Å². The average Bonchev–Trinajstić information content (AvgIpc) is 3.02. The molecule has 1 aliphatic rings. The van der Waals surface area contributed by atoms with Crippen LogP contribution in [0.15, 0.2) is 24.3 Å². The van der Waals surface area contributed by atoms with Crippen LogP contribution < -0.4 is 0 Å². The van der Waals surface area contributed by atoms with Crippen molar-refractivity contribution in [3.05, 3.63) is 35.4 Å². The largest absolute Gasteiger partial charge is 0.481 e. The van der Waals surface area contributed by atoms with Gasteiger partial charge in [-0.05, 0) is 29.9 Å². The van der Waals surface area contributed by atoms with E-state index in [1.165, 1.54) is 0 Å². The lowest BCUT2D eigenvalue weighted by atomic mass is 9.93. The number of hydrogen-bond acceptors (Lipinski definition) is 2. The summed E-state index contributed by atoms with van der Waals surface area (Å²) in [5.41, 5.74) is 1.59. The number of hydrogen-bond donors (Lipinski definition) is 2. The average molecular weight is 206 g/mol. The van der Waals surface area contributed by atoms with E-state index in [0.29, 0.717) is 0 Å². The molecule has 2 rings (SSSR count). The SMILES string of the molecule is O=C(O)C(c1cccc(CO)c1)C1CC1. The minimum Gasteiger partial charge on any atom is -0.481 e.